The molecule has 16 heavy (non-hydrogen) atoms. The van der Waals surface area contributed by atoms with Crippen LogP contribution >= 0.6 is 11.3 Å². The zero-order chi connectivity index (χ0) is 11.4. The molecule has 3 nitrogen and oxygen atoms in total. The Balaban J connectivity index is 1.94. The second kappa shape index (κ2) is 5.07. The first kappa shape index (κ1) is 11.1. The third kappa shape index (κ3) is 3.03. The van der Waals surface area contributed by atoms with Gasteiger partial charge in [0.2, 0.25) is 5.95 Å². The molecule has 0 fully saturated rings. The summed E-state index contributed by atoms with van der Waals surface area (Å²) in [5.74, 6) is 0.712. The Labute approximate surface area is 99.6 Å². The Morgan fingerprint density at radius 3 is 3.00 bits per heavy atom. The Morgan fingerprint density at radius 1 is 1.44 bits per heavy atom. The summed E-state index contributed by atoms with van der Waals surface area (Å²) in [6.45, 7) is 4.11. The van der Waals surface area contributed by atoms with E-state index in [9.17, 15) is 0 Å². The monoisotopic (exact) mass is 233 g/mol. The molecular formula is C12H15N3S. The Hall–Kier alpha value is -1.42. The number of rotatable bonds is 4. The van der Waals surface area contributed by atoms with Gasteiger partial charge in [-0.25, -0.2) is 9.97 Å². The minimum absolute atomic E-state index is 0.348. The SMILES string of the molecule is Cc1ccnc(NC(C)Cc2cccs2)n1. The van der Waals surface area contributed by atoms with E-state index in [0.717, 1.165) is 12.1 Å². The number of thiophene rings is 1. The number of aryl methyl sites for hydroxylation is 1. The topological polar surface area (TPSA) is 37.8 Å². The normalized spacial score (nSPS) is 12.4. The van der Waals surface area contributed by atoms with Gasteiger partial charge in [0.25, 0.3) is 0 Å². The standard InChI is InChI=1S/C12H15N3S/c1-9-5-6-13-12(14-9)15-10(2)8-11-4-3-7-16-11/h3-7,10H,8H2,1-2H3,(H,13,14,15). The van der Waals surface area contributed by atoms with Crippen molar-refractivity contribution in [2.75, 3.05) is 5.32 Å². The Morgan fingerprint density at radius 2 is 2.31 bits per heavy atom. The fraction of sp³-hybridized carbons (Fsp3) is 0.333. The maximum Gasteiger partial charge on any atom is 0.223 e. The lowest BCUT2D eigenvalue weighted by molar-refractivity contribution is 0.785. The Bertz CT molecular complexity index is 439. The van der Waals surface area contributed by atoms with Gasteiger partial charge in [-0.2, -0.15) is 0 Å². The van der Waals surface area contributed by atoms with Crippen LogP contribution in [-0.2, 0) is 6.42 Å². The van der Waals surface area contributed by atoms with Crippen LogP contribution in [0.2, 0.25) is 0 Å². The summed E-state index contributed by atoms with van der Waals surface area (Å²) in [5, 5.41) is 5.41. The van der Waals surface area contributed by atoms with E-state index in [1.807, 2.05) is 13.0 Å². The van der Waals surface area contributed by atoms with Crippen molar-refractivity contribution in [1.82, 2.24) is 9.97 Å². The summed E-state index contributed by atoms with van der Waals surface area (Å²) < 4.78 is 0. The average Bonchev–Trinajstić information content (AvgIpc) is 2.70. The molecule has 4 heteroatoms. The molecule has 0 aliphatic heterocycles. The van der Waals surface area contributed by atoms with Crippen molar-refractivity contribution in [2.45, 2.75) is 26.3 Å². The average molecular weight is 233 g/mol. The molecule has 0 amide bonds. The van der Waals surface area contributed by atoms with Crippen LogP contribution in [0.4, 0.5) is 5.95 Å². The summed E-state index contributed by atoms with van der Waals surface area (Å²) in [7, 11) is 0. The van der Waals surface area contributed by atoms with Gasteiger partial charge >= 0.3 is 0 Å². The van der Waals surface area contributed by atoms with E-state index >= 15 is 0 Å². The van der Waals surface area contributed by atoms with E-state index in [-0.39, 0.29) is 0 Å². The van der Waals surface area contributed by atoms with Crippen LogP contribution in [0.5, 0.6) is 0 Å². The summed E-state index contributed by atoms with van der Waals surface area (Å²) in [6, 6.07) is 6.48. The zero-order valence-corrected chi connectivity index (χ0v) is 10.3. The van der Waals surface area contributed by atoms with Crippen LogP contribution in [0.3, 0.4) is 0 Å². The van der Waals surface area contributed by atoms with Crippen molar-refractivity contribution in [3.8, 4) is 0 Å². The first-order chi connectivity index (χ1) is 7.74. The molecule has 2 aromatic heterocycles. The van der Waals surface area contributed by atoms with Crippen LogP contribution in [-0.4, -0.2) is 16.0 Å². The number of nitrogens with one attached hydrogen (secondary N) is 1. The van der Waals surface area contributed by atoms with E-state index < -0.39 is 0 Å². The van der Waals surface area contributed by atoms with Crippen molar-refractivity contribution in [3.05, 3.63) is 40.3 Å². The van der Waals surface area contributed by atoms with Gasteiger partial charge in [0, 0.05) is 29.2 Å². The molecule has 0 saturated carbocycles. The second-order valence-electron chi connectivity index (χ2n) is 3.85. The lowest BCUT2D eigenvalue weighted by Crippen LogP contribution is -2.19. The molecule has 1 N–H and O–H groups in total. The second-order valence-corrected chi connectivity index (χ2v) is 4.88. The minimum atomic E-state index is 0.348. The molecule has 2 aromatic rings. The van der Waals surface area contributed by atoms with Gasteiger partial charge in [0.15, 0.2) is 0 Å². The third-order valence-electron chi connectivity index (χ3n) is 2.26. The molecule has 0 aliphatic carbocycles. The summed E-state index contributed by atoms with van der Waals surface area (Å²) in [4.78, 5) is 9.90. The zero-order valence-electron chi connectivity index (χ0n) is 9.47. The number of nitrogens with zero attached hydrogens (tertiary/aromatic N) is 2. The molecule has 1 unspecified atom stereocenters. The van der Waals surface area contributed by atoms with Gasteiger partial charge in [0.1, 0.15) is 0 Å². The molecule has 0 bridgehead atoms. The van der Waals surface area contributed by atoms with Crippen LogP contribution in [0.25, 0.3) is 0 Å². The highest BCUT2D eigenvalue weighted by Crippen LogP contribution is 2.12. The van der Waals surface area contributed by atoms with E-state index in [0.29, 0.717) is 12.0 Å². The van der Waals surface area contributed by atoms with E-state index in [1.54, 1.807) is 17.5 Å². The quantitative estimate of drug-likeness (QED) is 0.882. The molecule has 1 atom stereocenters. The summed E-state index contributed by atoms with van der Waals surface area (Å²) in [5.41, 5.74) is 0.987. The van der Waals surface area contributed by atoms with Crippen molar-refractivity contribution in [1.29, 1.82) is 0 Å². The smallest absolute Gasteiger partial charge is 0.223 e. The van der Waals surface area contributed by atoms with Crippen molar-refractivity contribution in [3.63, 3.8) is 0 Å². The number of anilines is 1. The molecule has 0 aliphatic rings. The predicted molar refractivity (Wildman–Crippen MR) is 67.9 cm³/mol. The Kier molecular flexibility index (Phi) is 3.51. The lowest BCUT2D eigenvalue weighted by Gasteiger charge is -2.12. The van der Waals surface area contributed by atoms with Gasteiger partial charge in [-0.1, -0.05) is 6.07 Å². The fourth-order valence-corrected chi connectivity index (χ4v) is 2.36. The van der Waals surface area contributed by atoms with Gasteiger partial charge < -0.3 is 5.32 Å². The fourth-order valence-electron chi connectivity index (χ4n) is 1.52. The van der Waals surface area contributed by atoms with Crippen molar-refractivity contribution >= 4 is 17.3 Å². The molecule has 0 radical (unpaired) electrons. The van der Waals surface area contributed by atoms with Crippen LogP contribution < -0.4 is 5.32 Å². The van der Waals surface area contributed by atoms with E-state index in [4.69, 9.17) is 0 Å². The highest BCUT2D eigenvalue weighted by Gasteiger charge is 2.05. The molecule has 2 rings (SSSR count). The number of aromatic nitrogens is 2. The first-order valence-electron chi connectivity index (χ1n) is 5.32. The molecule has 84 valence electrons. The molecule has 0 aromatic carbocycles. The first-order valence-corrected chi connectivity index (χ1v) is 6.20. The summed E-state index contributed by atoms with van der Waals surface area (Å²) >= 11 is 1.78. The molecule has 0 saturated heterocycles. The highest BCUT2D eigenvalue weighted by molar-refractivity contribution is 7.09. The number of hydrogen-bond donors (Lipinski definition) is 1. The van der Waals surface area contributed by atoms with Crippen molar-refractivity contribution < 1.29 is 0 Å². The van der Waals surface area contributed by atoms with Gasteiger partial charge in [-0.3, -0.25) is 0 Å². The summed E-state index contributed by atoms with van der Waals surface area (Å²) in [6.07, 6.45) is 2.79. The van der Waals surface area contributed by atoms with Crippen LogP contribution in [0.1, 0.15) is 17.5 Å². The van der Waals surface area contributed by atoms with Crippen molar-refractivity contribution in [2.24, 2.45) is 0 Å². The molecule has 0 spiro atoms. The maximum atomic E-state index is 4.32. The van der Waals surface area contributed by atoms with Gasteiger partial charge in [0.05, 0.1) is 0 Å². The van der Waals surface area contributed by atoms with Gasteiger partial charge in [-0.05, 0) is 31.4 Å². The highest BCUT2D eigenvalue weighted by atomic mass is 32.1. The maximum absolute atomic E-state index is 4.32. The minimum Gasteiger partial charge on any atom is -0.351 e. The molecule has 2 heterocycles. The van der Waals surface area contributed by atoms with Gasteiger partial charge in [-0.15, -0.1) is 11.3 Å². The van der Waals surface area contributed by atoms with E-state index in [2.05, 4.69) is 39.7 Å². The van der Waals surface area contributed by atoms with Crippen LogP contribution in [0.15, 0.2) is 29.8 Å². The van der Waals surface area contributed by atoms with Crippen LogP contribution in [0, 0.1) is 6.92 Å². The third-order valence-corrected chi connectivity index (χ3v) is 3.16. The van der Waals surface area contributed by atoms with E-state index in [1.165, 1.54) is 4.88 Å². The number of hydrogen-bond acceptors (Lipinski definition) is 4. The largest absolute Gasteiger partial charge is 0.351 e. The lowest BCUT2D eigenvalue weighted by atomic mass is 10.2. The predicted octanol–water partition coefficient (Wildman–Crippen LogP) is 2.89. The molecular weight excluding hydrogens is 218 g/mol.